The Bertz CT molecular complexity index is 868. The molecule has 2 aliphatic heterocycles. The van der Waals surface area contributed by atoms with Crippen molar-refractivity contribution in [2.24, 2.45) is 0 Å². The molecule has 30 heavy (non-hydrogen) atoms. The van der Waals surface area contributed by atoms with Gasteiger partial charge < -0.3 is 14.8 Å². The van der Waals surface area contributed by atoms with Gasteiger partial charge in [0, 0.05) is 25.4 Å². The molecule has 0 radical (unpaired) electrons. The Morgan fingerprint density at radius 2 is 2.10 bits per heavy atom. The fourth-order valence-corrected chi connectivity index (χ4v) is 4.41. The molecule has 1 amide bonds. The lowest BCUT2D eigenvalue weighted by molar-refractivity contribution is -0.159. The summed E-state index contributed by atoms with van der Waals surface area (Å²) >= 11 is 0. The molecule has 2 aliphatic rings. The van der Waals surface area contributed by atoms with Gasteiger partial charge in [-0.2, -0.15) is 0 Å². The summed E-state index contributed by atoms with van der Waals surface area (Å²) in [5, 5.41) is 2.84. The number of ether oxygens (including phenoxy) is 2. The van der Waals surface area contributed by atoms with Crippen molar-refractivity contribution < 1.29 is 18.7 Å². The van der Waals surface area contributed by atoms with E-state index in [0.29, 0.717) is 18.8 Å². The summed E-state index contributed by atoms with van der Waals surface area (Å²) in [6.45, 7) is 4.81. The summed E-state index contributed by atoms with van der Waals surface area (Å²) in [6.07, 6.45) is 2.80. The van der Waals surface area contributed by atoms with Gasteiger partial charge in [-0.05, 0) is 49.4 Å². The number of nitrogens with one attached hydrogen (secondary N) is 1. The molecule has 2 aromatic rings. The molecule has 5 nitrogen and oxygen atoms in total. The number of carbonyl (C=O) groups is 1. The van der Waals surface area contributed by atoms with Gasteiger partial charge >= 0.3 is 0 Å². The van der Waals surface area contributed by atoms with Gasteiger partial charge in [-0.1, -0.05) is 36.4 Å². The molecule has 4 rings (SSSR count). The second kappa shape index (κ2) is 9.25. The number of nitrogens with zero attached hydrogens (tertiary/aromatic N) is 1. The van der Waals surface area contributed by atoms with E-state index >= 15 is 0 Å². The summed E-state index contributed by atoms with van der Waals surface area (Å²) in [4.78, 5) is 14.7. The number of likely N-dealkylation sites (tertiary alicyclic amines) is 1. The van der Waals surface area contributed by atoms with E-state index in [1.165, 1.54) is 12.1 Å². The van der Waals surface area contributed by atoms with Crippen molar-refractivity contribution in [2.45, 2.75) is 44.5 Å². The lowest BCUT2D eigenvalue weighted by Crippen LogP contribution is -2.57. The van der Waals surface area contributed by atoms with Gasteiger partial charge in [0.1, 0.15) is 5.82 Å². The van der Waals surface area contributed by atoms with Crippen LogP contribution in [0, 0.1) is 12.7 Å². The first-order chi connectivity index (χ1) is 14.5. The number of hydrogen-bond donors (Lipinski definition) is 1. The van der Waals surface area contributed by atoms with E-state index in [4.69, 9.17) is 9.47 Å². The first kappa shape index (κ1) is 21.0. The molecule has 2 unspecified atom stereocenters. The SMILES string of the molecule is Cc1ccc(F)cc1NC(=O)CN1CCC2(CCCO2)C(OCc2ccccc2)C1. The van der Waals surface area contributed by atoms with Crippen molar-refractivity contribution in [3.05, 3.63) is 65.5 Å². The normalized spacial score (nSPS) is 24.3. The Hall–Kier alpha value is -2.28. The standard InChI is InChI=1S/C24H29FN2O3/c1-18-8-9-20(25)14-21(18)26-23(28)16-27-12-11-24(10-5-13-30-24)22(15-27)29-17-19-6-3-2-4-7-19/h2-4,6-9,14,22H,5,10-13,15-17H2,1H3,(H,26,28). The number of benzene rings is 2. The maximum absolute atomic E-state index is 13.5. The highest BCUT2D eigenvalue weighted by Gasteiger charge is 2.47. The Balaban J connectivity index is 1.38. The second-order valence-electron chi connectivity index (χ2n) is 8.29. The van der Waals surface area contributed by atoms with E-state index in [0.717, 1.165) is 43.5 Å². The fourth-order valence-electron chi connectivity index (χ4n) is 4.41. The molecule has 2 saturated heterocycles. The van der Waals surface area contributed by atoms with Gasteiger partial charge in [-0.25, -0.2) is 4.39 Å². The fraction of sp³-hybridized carbons (Fsp3) is 0.458. The number of carbonyl (C=O) groups excluding carboxylic acids is 1. The van der Waals surface area contributed by atoms with E-state index in [1.54, 1.807) is 6.07 Å². The zero-order valence-electron chi connectivity index (χ0n) is 17.4. The van der Waals surface area contributed by atoms with Crippen molar-refractivity contribution in [1.29, 1.82) is 0 Å². The molecular formula is C24H29FN2O3. The average Bonchev–Trinajstić information content (AvgIpc) is 3.21. The van der Waals surface area contributed by atoms with Gasteiger partial charge in [-0.15, -0.1) is 0 Å². The highest BCUT2D eigenvalue weighted by Crippen LogP contribution is 2.38. The molecule has 1 N–H and O–H groups in total. The third kappa shape index (κ3) is 4.89. The van der Waals surface area contributed by atoms with Crippen molar-refractivity contribution in [2.75, 3.05) is 31.6 Å². The van der Waals surface area contributed by atoms with E-state index < -0.39 is 0 Å². The van der Waals surface area contributed by atoms with Crippen molar-refractivity contribution in [3.8, 4) is 0 Å². The zero-order chi connectivity index (χ0) is 21.0. The predicted octanol–water partition coefficient (Wildman–Crippen LogP) is 3.91. The summed E-state index contributed by atoms with van der Waals surface area (Å²) < 4.78 is 26.0. The van der Waals surface area contributed by atoms with Crippen LogP contribution in [0.5, 0.6) is 0 Å². The summed E-state index contributed by atoms with van der Waals surface area (Å²) in [5.41, 5.74) is 2.23. The number of anilines is 1. The molecule has 1 spiro atoms. The number of hydrogen-bond acceptors (Lipinski definition) is 4. The average molecular weight is 413 g/mol. The molecule has 0 bridgehead atoms. The molecule has 0 saturated carbocycles. The van der Waals surface area contributed by atoms with E-state index in [2.05, 4.69) is 22.3 Å². The van der Waals surface area contributed by atoms with Crippen LogP contribution in [0.2, 0.25) is 0 Å². The quantitative estimate of drug-likeness (QED) is 0.782. The van der Waals surface area contributed by atoms with E-state index in [9.17, 15) is 9.18 Å². The monoisotopic (exact) mass is 412 g/mol. The third-order valence-corrected chi connectivity index (χ3v) is 6.13. The smallest absolute Gasteiger partial charge is 0.238 e. The Kier molecular flexibility index (Phi) is 6.46. The van der Waals surface area contributed by atoms with Crippen LogP contribution in [0.25, 0.3) is 0 Å². The molecule has 0 aliphatic carbocycles. The maximum atomic E-state index is 13.5. The minimum atomic E-state index is -0.358. The van der Waals surface area contributed by atoms with Crippen LogP contribution in [-0.4, -0.2) is 48.8 Å². The van der Waals surface area contributed by atoms with Crippen molar-refractivity contribution in [3.63, 3.8) is 0 Å². The number of halogens is 1. The molecular weight excluding hydrogens is 383 g/mol. The minimum Gasteiger partial charge on any atom is -0.372 e. The van der Waals surface area contributed by atoms with Crippen molar-refractivity contribution in [1.82, 2.24) is 4.90 Å². The van der Waals surface area contributed by atoms with Crippen LogP contribution < -0.4 is 5.32 Å². The van der Waals surface area contributed by atoms with Gasteiger partial charge in [0.2, 0.25) is 5.91 Å². The summed E-state index contributed by atoms with van der Waals surface area (Å²) in [6, 6.07) is 14.5. The zero-order valence-corrected chi connectivity index (χ0v) is 17.4. The van der Waals surface area contributed by atoms with Gasteiger partial charge in [0.25, 0.3) is 0 Å². The van der Waals surface area contributed by atoms with Crippen molar-refractivity contribution >= 4 is 11.6 Å². The number of piperidine rings is 1. The van der Waals surface area contributed by atoms with Gasteiger partial charge in [0.05, 0.1) is 24.9 Å². The Morgan fingerprint density at radius 3 is 2.87 bits per heavy atom. The maximum Gasteiger partial charge on any atom is 0.238 e. The van der Waals surface area contributed by atoms with Gasteiger partial charge in [0.15, 0.2) is 0 Å². The van der Waals surface area contributed by atoms with Crippen LogP contribution in [0.15, 0.2) is 48.5 Å². The Labute approximate surface area is 177 Å². The Morgan fingerprint density at radius 1 is 1.27 bits per heavy atom. The minimum absolute atomic E-state index is 0.0855. The second-order valence-corrected chi connectivity index (χ2v) is 8.29. The topological polar surface area (TPSA) is 50.8 Å². The van der Waals surface area contributed by atoms with Crippen LogP contribution in [0.3, 0.4) is 0 Å². The summed E-state index contributed by atoms with van der Waals surface area (Å²) in [5.74, 6) is -0.502. The molecule has 160 valence electrons. The number of amides is 1. The molecule has 0 aromatic heterocycles. The highest BCUT2D eigenvalue weighted by atomic mass is 19.1. The van der Waals surface area contributed by atoms with Crippen LogP contribution in [-0.2, 0) is 20.9 Å². The first-order valence-electron chi connectivity index (χ1n) is 10.6. The van der Waals surface area contributed by atoms with Crippen LogP contribution >= 0.6 is 0 Å². The summed E-state index contributed by atoms with van der Waals surface area (Å²) in [7, 11) is 0. The molecule has 2 heterocycles. The molecule has 2 fully saturated rings. The molecule has 6 heteroatoms. The lowest BCUT2D eigenvalue weighted by atomic mass is 9.85. The van der Waals surface area contributed by atoms with Crippen LogP contribution in [0.4, 0.5) is 10.1 Å². The first-order valence-corrected chi connectivity index (χ1v) is 10.6. The molecule has 2 aromatic carbocycles. The lowest BCUT2D eigenvalue weighted by Gasteiger charge is -2.44. The largest absolute Gasteiger partial charge is 0.372 e. The van der Waals surface area contributed by atoms with E-state index in [-0.39, 0.29) is 30.0 Å². The third-order valence-electron chi connectivity index (χ3n) is 6.13. The highest BCUT2D eigenvalue weighted by molar-refractivity contribution is 5.92. The molecule has 2 atom stereocenters. The predicted molar refractivity (Wildman–Crippen MR) is 114 cm³/mol. The van der Waals surface area contributed by atoms with E-state index in [1.807, 2.05) is 25.1 Å². The number of aryl methyl sites for hydroxylation is 1. The van der Waals surface area contributed by atoms with Gasteiger partial charge in [-0.3, -0.25) is 9.69 Å². The number of rotatable bonds is 6. The van der Waals surface area contributed by atoms with Crippen LogP contribution in [0.1, 0.15) is 30.4 Å².